The zero-order valence-corrected chi connectivity index (χ0v) is 12.7. The van der Waals surface area contributed by atoms with Crippen LogP contribution < -0.4 is 5.32 Å². The van der Waals surface area contributed by atoms with Crippen molar-refractivity contribution >= 4 is 22.9 Å². The van der Waals surface area contributed by atoms with E-state index in [1.54, 1.807) is 11.3 Å². The second-order valence-electron chi connectivity index (χ2n) is 5.68. The molecule has 1 aliphatic carbocycles. The van der Waals surface area contributed by atoms with Crippen LogP contribution in [0.2, 0.25) is 0 Å². The van der Waals surface area contributed by atoms with Gasteiger partial charge in [0.1, 0.15) is 0 Å². The molecule has 0 fully saturated rings. The Kier molecular flexibility index (Phi) is 3.62. The first kappa shape index (κ1) is 13.4. The van der Waals surface area contributed by atoms with Gasteiger partial charge in [-0.05, 0) is 55.4 Å². The van der Waals surface area contributed by atoms with Crippen molar-refractivity contribution in [3.63, 3.8) is 0 Å². The Morgan fingerprint density at radius 1 is 1.35 bits per heavy atom. The van der Waals surface area contributed by atoms with Crippen LogP contribution in [0.4, 0.5) is 5.69 Å². The minimum atomic E-state index is 0.0198. The van der Waals surface area contributed by atoms with Crippen molar-refractivity contribution in [1.82, 2.24) is 0 Å². The highest BCUT2D eigenvalue weighted by atomic mass is 32.1. The summed E-state index contributed by atoms with van der Waals surface area (Å²) in [4.78, 5) is 14.6. The van der Waals surface area contributed by atoms with Gasteiger partial charge in [0.05, 0.1) is 4.88 Å². The fourth-order valence-electron chi connectivity index (χ4n) is 2.71. The molecular weight excluding hydrogens is 266 g/mol. The van der Waals surface area contributed by atoms with E-state index in [9.17, 15) is 4.79 Å². The first-order valence-electron chi connectivity index (χ1n) is 7.12. The van der Waals surface area contributed by atoms with Crippen molar-refractivity contribution in [2.75, 3.05) is 5.32 Å². The number of hydrogen-bond acceptors (Lipinski definition) is 2. The molecule has 0 saturated carbocycles. The van der Waals surface area contributed by atoms with Gasteiger partial charge >= 0.3 is 0 Å². The van der Waals surface area contributed by atoms with E-state index in [1.807, 2.05) is 31.2 Å². The van der Waals surface area contributed by atoms with Crippen molar-refractivity contribution in [1.29, 1.82) is 0 Å². The first-order chi connectivity index (χ1) is 9.63. The van der Waals surface area contributed by atoms with Gasteiger partial charge in [-0.15, -0.1) is 11.3 Å². The second-order valence-corrected chi connectivity index (χ2v) is 6.81. The van der Waals surface area contributed by atoms with Gasteiger partial charge in [-0.25, -0.2) is 0 Å². The fourth-order valence-corrected chi connectivity index (χ4v) is 3.82. The number of nitrogens with one attached hydrogen (secondary N) is 1. The molecule has 0 unspecified atom stereocenters. The van der Waals surface area contributed by atoms with Crippen LogP contribution in [-0.4, -0.2) is 5.91 Å². The third kappa shape index (κ3) is 2.63. The van der Waals surface area contributed by atoms with Gasteiger partial charge in [0.15, 0.2) is 0 Å². The lowest BCUT2D eigenvalue weighted by molar-refractivity contribution is 0.103. The number of carbonyl (C=O) groups is 1. The van der Waals surface area contributed by atoms with E-state index in [-0.39, 0.29) is 5.91 Å². The summed E-state index contributed by atoms with van der Waals surface area (Å²) in [6.07, 6.45) is 3.48. The second kappa shape index (κ2) is 5.41. The van der Waals surface area contributed by atoms with Crippen LogP contribution in [0, 0.1) is 12.8 Å². The molecule has 3 heteroatoms. The number of benzene rings is 1. The number of anilines is 1. The van der Waals surface area contributed by atoms with E-state index in [2.05, 4.69) is 18.3 Å². The molecule has 1 amide bonds. The lowest BCUT2D eigenvalue weighted by Gasteiger charge is -2.16. The summed E-state index contributed by atoms with van der Waals surface area (Å²) >= 11 is 1.66. The van der Waals surface area contributed by atoms with Crippen molar-refractivity contribution in [2.24, 2.45) is 5.92 Å². The minimum Gasteiger partial charge on any atom is -0.321 e. The molecule has 0 aliphatic heterocycles. The van der Waals surface area contributed by atoms with Crippen molar-refractivity contribution in [2.45, 2.75) is 33.1 Å². The zero-order valence-electron chi connectivity index (χ0n) is 11.9. The minimum absolute atomic E-state index is 0.0198. The summed E-state index contributed by atoms with van der Waals surface area (Å²) in [7, 11) is 0. The Labute approximate surface area is 123 Å². The predicted octanol–water partition coefficient (Wildman–Crippen LogP) is 4.43. The summed E-state index contributed by atoms with van der Waals surface area (Å²) in [5.41, 5.74) is 3.37. The number of aryl methyl sites for hydroxylation is 2. The van der Waals surface area contributed by atoms with Gasteiger partial charge in [-0.1, -0.05) is 25.1 Å². The molecule has 1 N–H and O–H groups in total. The lowest BCUT2D eigenvalue weighted by atomic mass is 9.90. The molecule has 0 bridgehead atoms. The predicted molar refractivity (Wildman–Crippen MR) is 84.6 cm³/mol. The summed E-state index contributed by atoms with van der Waals surface area (Å²) in [6.45, 7) is 4.30. The van der Waals surface area contributed by atoms with Crippen LogP contribution in [0.15, 0.2) is 30.3 Å². The van der Waals surface area contributed by atoms with Crippen LogP contribution in [0.5, 0.6) is 0 Å². The Balaban J connectivity index is 1.80. The summed E-state index contributed by atoms with van der Waals surface area (Å²) in [6, 6.07) is 9.97. The SMILES string of the molecule is Cc1ccccc1NC(=O)c1cc2c(s1)CC[C@H](C)C2. The molecule has 104 valence electrons. The molecule has 1 heterocycles. The van der Waals surface area contributed by atoms with Crippen LogP contribution in [0.3, 0.4) is 0 Å². The Bertz CT molecular complexity index is 644. The zero-order chi connectivity index (χ0) is 14.1. The number of carbonyl (C=O) groups excluding carboxylic acids is 1. The molecule has 1 aromatic carbocycles. The molecular formula is C17H19NOS. The van der Waals surface area contributed by atoms with Gasteiger partial charge in [0, 0.05) is 10.6 Å². The quantitative estimate of drug-likeness (QED) is 0.868. The molecule has 1 aliphatic rings. The average Bonchev–Trinajstić information content (AvgIpc) is 2.84. The van der Waals surface area contributed by atoms with E-state index in [1.165, 1.54) is 16.9 Å². The maximum Gasteiger partial charge on any atom is 0.265 e. The maximum atomic E-state index is 12.4. The summed E-state index contributed by atoms with van der Waals surface area (Å²) in [5, 5.41) is 3.02. The standard InChI is InChI=1S/C17H19NOS/c1-11-7-8-15-13(9-11)10-16(20-15)17(19)18-14-6-4-3-5-12(14)2/h3-6,10-11H,7-9H2,1-2H3,(H,18,19)/t11-/m0/s1. The fraction of sp³-hybridized carbons (Fsp3) is 0.353. The molecule has 2 nitrogen and oxygen atoms in total. The smallest absolute Gasteiger partial charge is 0.265 e. The molecule has 0 saturated heterocycles. The van der Waals surface area contributed by atoms with Crippen molar-refractivity contribution in [3.8, 4) is 0 Å². The molecule has 0 radical (unpaired) electrons. The number of amides is 1. The van der Waals surface area contributed by atoms with E-state index >= 15 is 0 Å². The van der Waals surface area contributed by atoms with Crippen molar-refractivity contribution < 1.29 is 4.79 Å². The molecule has 1 atom stereocenters. The van der Waals surface area contributed by atoms with E-state index in [4.69, 9.17) is 0 Å². The average molecular weight is 285 g/mol. The van der Waals surface area contributed by atoms with Gasteiger partial charge < -0.3 is 5.32 Å². The van der Waals surface area contributed by atoms with Crippen LogP contribution in [-0.2, 0) is 12.8 Å². The third-order valence-electron chi connectivity index (χ3n) is 3.95. The van der Waals surface area contributed by atoms with Gasteiger partial charge in [-0.3, -0.25) is 4.79 Å². The molecule has 2 aromatic rings. The number of para-hydroxylation sites is 1. The summed E-state index contributed by atoms with van der Waals surface area (Å²) < 4.78 is 0. The maximum absolute atomic E-state index is 12.4. The normalized spacial score (nSPS) is 17.6. The van der Waals surface area contributed by atoms with Crippen LogP contribution in [0.1, 0.15) is 39.0 Å². The lowest BCUT2D eigenvalue weighted by Crippen LogP contribution is -2.11. The topological polar surface area (TPSA) is 29.1 Å². The van der Waals surface area contributed by atoms with Crippen molar-refractivity contribution in [3.05, 3.63) is 51.2 Å². The number of hydrogen-bond donors (Lipinski definition) is 1. The van der Waals surface area contributed by atoms with E-state index in [0.717, 1.165) is 34.9 Å². The molecule has 20 heavy (non-hydrogen) atoms. The van der Waals surface area contributed by atoms with Crippen LogP contribution >= 0.6 is 11.3 Å². The third-order valence-corrected chi connectivity index (χ3v) is 5.18. The van der Waals surface area contributed by atoms with E-state index < -0.39 is 0 Å². The monoisotopic (exact) mass is 285 g/mol. The first-order valence-corrected chi connectivity index (χ1v) is 7.93. The summed E-state index contributed by atoms with van der Waals surface area (Å²) in [5.74, 6) is 0.760. The molecule has 3 rings (SSSR count). The number of fused-ring (bicyclic) bond motifs is 1. The van der Waals surface area contributed by atoms with E-state index in [0.29, 0.717) is 0 Å². The highest BCUT2D eigenvalue weighted by molar-refractivity contribution is 7.14. The molecule has 1 aromatic heterocycles. The largest absolute Gasteiger partial charge is 0.321 e. The number of rotatable bonds is 2. The van der Waals surface area contributed by atoms with Crippen LogP contribution in [0.25, 0.3) is 0 Å². The highest BCUT2D eigenvalue weighted by Gasteiger charge is 2.20. The highest BCUT2D eigenvalue weighted by Crippen LogP contribution is 2.32. The Hall–Kier alpha value is -1.61. The van der Waals surface area contributed by atoms with Gasteiger partial charge in [0.2, 0.25) is 0 Å². The number of thiophene rings is 1. The Morgan fingerprint density at radius 3 is 2.95 bits per heavy atom. The van der Waals surface area contributed by atoms with Gasteiger partial charge in [0.25, 0.3) is 5.91 Å². The Morgan fingerprint density at radius 2 is 2.15 bits per heavy atom. The van der Waals surface area contributed by atoms with Gasteiger partial charge in [-0.2, -0.15) is 0 Å². The molecule has 0 spiro atoms.